The van der Waals surface area contributed by atoms with Crippen LogP contribution in [0.2, 0.25) is 0 Å². The van der Waals surface area contributed by atoms with Crippen LogP contribution in [0.1, 0.15) is 174 Å². The highest BCUT2D eigenvalue weighted by Gasteiger charge is 2.22. The molecule has 0 radical (unpaired) electrons. The summed E-state index contributed by atoms with van der Waals surface area (Å²) in [4.78, 5) is 42.6. The number of carbonyl (C=O) groups excluding carboxylic acids is 2. The summed E-state index contributed by atoms with van der Waals surface area (Å²) in [6.07, 6.45) is 38.7. The number of rotatable bonds is 34. The molecule has 0 unspecified atom stereocenters. The molecule has 0 heterocycles. The average Bonchev–Trinajstić information content (AvgIpc) is 3.03. The van der Waals surface area contributed by atoms with Crippen LogP contribution in [-0.4, -0.2) is 41.0 Å². The van der Waals surface area contributed by atoms with Gasteiger partial charge in [0, 0.05) is 12.8 Å². The molecule has 0 fully saturated rings. The van der Waals surface area contributed by atoms with Gasteiger partial charge in [0.25, 0.3) is 0 Å². The Morgan fingerprint density at radius 2 is 0.957 bits per heavy atom. The minimum absolute atomic E-state index is 0.168. The number of phosphoric acid groups is 1. The van der Waals surface area contributed by atoms with Crippen LogP contribution in [0.25, 0.3) is 0 Å². The van der Waals surface area contributed by atoms with Crippen molar-refractivity contribution in [3.8, 4) is 0 Å². The second kappa shape index (κ2) is 34.1. The van der Waals surface area contributed by atoms with Crippen LogP contribution in [0.4, 0.5) is 0 Å². The van der Waals surface area contributed by atoms with Crippen LogP contribution in [0.15, 0.2) is 36.5 Å². The zero-order valence-corrected chi connectivity index (χ0v) is 30.8. The van der Waals surface area contributed by atoms with Crippen molar-refractivity contribution in [3.63, 3.8) is 0 Å². The lowest BCUT2D eigenvalue weighted by Gasteiger charge is -2.18. The van der Waals surface area contributed by atoms with E-state index in [9.17, 15) is 14.2 Å². The number of ether oxygens (including phenoxy) is 2. The Hall–Kier alpha value is -1.73. The lowest BCUT2D eigenvalue weighted by atomic mass is 10.1. The average molecular weight is 685 g/mol. The normalized spacial score (nSPS) is 12.9. The first-order valence-corrected chi connectivity index (χ1v) is 20.3. The summed E-state index contributed by atoms with van der Waals surface area (Å²) in [7, 11) is -4.76. The Morgan fingerprint density at radius 3 is 1.47 bits per heavy atom. The molecule has 0 amide bonds. The molecule has 1 atom stereocenters. The molecule has 8 nitrogen and oxygen atoms in total. The van der Waals surface area contributed by atoms with E-state index < -0.39 is 32.5 Å². The van der Waals surface area contributed by atoms with Gasteiger partial charge in [0.05, 0.1) is 6.61 Å². The van der Waals surface area contributed by atoms with E-state index in [1.165, 1.54) is 77.0 Å². The SMILES string of the molecule is CCCCCCC/C=C/CCCCCCCC(=O)OC[C@H](COP(=O)(O)O)OC(=O)CCCC/C=C/C/C=C/CCCCCCCC. The molecule has 0 saturated carbocycles. The fourth-order valence-corrected chi connectivity index (χ4v) is 5.40. The summed E-state index contributed by atoms with van der Waals surface area (Å²) in [6, 6.07) is 0. The third-order valence-electron chi connectivity index (χ3n) is 7.88. The van der Waals surface area contributed by atoms with Crippen molar-refractivity contribution >= 4 is 19.8 Å². The van der Waals surface area contributed by atoms with E-state index in [4.69, 9.17) is 19.3 Å². The van der Waals surface area contributed by atoms with E-state index in [0.717, 1.165) is 57.8 Å². The Kier molecular flexibility index (Phi) is 32.9. The van der Waals surface area contributed by atoms with Crippen LogP contribution in [0.3, 0.4) is 0 Å². The Bertz CT molecular complexity index is 864. The smallest absolute Gasteiger partial charge is 0.462 e. The van der Waals surface area contributed by atoms with Gasteiger partial charge in [-0.3, -0.25) is 14.1 Å². The third-order valence-corrected chi connectivity index (χ3v) is 8.37. The molecule has 0 aliphatic carbocycles. The van der Waals surface area contributed by atoms with E-state index >= 15 is 0 Å². The molecule has 0 spiro atoms. The van der Waals surface area contributed by atoms with E-state index in [1.807, 2.05) is 0 Å². The van der Waals surface area contributed by atoms with Gasteiger partial charge in [-0.05, 0) is 70.6 Å². The van der Waals surface area contributed by atoms with Gasteiger partial charge in [0.15, 0.2) is 6.10 Å². The number of phosphoric ester groups is 1. The Morgan fingerprint density at radius 1 is 0.553 bits per heavy atom. The largest absolute Gasteiger partial charge is 0.469 e. The Balaban J connectivity index is 4.04. The molecule has 0 aromatic rings. The summed E-state index contributed by atoms with van der Waals surface area (Å²) < 4.78 is 26.2. The monoisotopic (exact) mass is 684 g/mol. The van der Waals surface area contributed by atoms with Crippen LogP contribution in [-0.2, 0) is 28.2 Å². The van der Waals surface area contributed by atoms with Gasteiger partial charge in [0.1, 0.15) is 6.61 Å². The molecule has 47 heavy (non-hydrogen) atoms. The summed E-state index contributed by atoms with van der Waals surface area (Å²) in [5, 5.41) is 0. The molecule has 9 heteroatoms. The number of unbranched alkanes of at least 4 members (excludes halogenated alkanes) is 18. The topological polar surface area (TPSA) is 119 Å². The summed E-state index contributed by atoms with van der Waals surface area (Å²) in [6.45, 7) is 3.62. The number of carbonyl (C=O) groups is 2. The Labute approximate surface area is 287 Å². The number of hydrogen-bond acceptors (Lipinski definition) is 6. The molecule has 0 aromatic carbocycles. The van der Waals surface area contributed by atoms with Crippen molar-refractivity contribution in [1.29, 1.82) is 0 Å². The predicted octanol–water partition coefficient (Wildman–Crippen LogP) is 11.0. The first kappa shape index (κ1) is 45.3. The second-order valence-corrected chi connectivity index (χ2v) is 13.8. The molecular weight excluding hydrogens is 615 g/mol. The van der Waals surface area contributed by atoms with Gasteiger partial charge >= 0.3 is 19.8 Å². The molecule has 0 aromatic heterocycles. The van der Waals surface area contributed by atoms with E-state index in [1.54, 1.807) is 0 Å². The van der Waals surface area contributed by atoms with Gasteiger partial charge in [-0.2, -0.15) is 0 Å². The quantitative estimate of drug-likeness (QED) is 0.0297. The van der Waals surface area contributed by atoms with Crippen molar-refractivity contribution in [3.05, 3.63) is 36.5 Å². The zero-order chi connectivity index (χ0) is 34.7. The van der Waals surface area contributed by atoms with Gasteiger partial charge < -0.3 is 19.3 Å². The van der Waals surface area contributed by atoms with Crippen molar-refractivity contribution in [2.75, 3.05) is 13.2 Å². The van der Waals surface area contributed by atoms with Gasteiger partial charge in [-0.1, -0.05) is 127 Å². The third kappa shape index (κ3) is 36.9. The first-order chi connectivity index (χ1) is 22.8. The zero-order valence-electron chi connectivity index (χ0n) is 29.9. The molecule has 0 bridgehead atoms. The summed E-state index contributed by atoms with van der Waals surface area (Å²) in [5.41, 5.74) is 0. The number of allylic oxidation sites excluding steroid dienone is 6. The summed E-state index contributed by atoms with van der Waals surface area (Å²) in [5.74, 6) is -0.933. The lowest BCUT2D eigenvalue weighted by molar-refractivity contribution is -0.161. The van der Waals surface area contributed by atoms with Crippen molar-refractivity contribution in [2.45, 2.75) is 180 Å². The van der Waals surface area contributed by atoms with Gasteiger partial charge in [-0.25, -0.2) is 4.57 Å². The highest BCUT2D eigenvalue weighted by molar-refractivity contribution is 7.46. The molecule has 0 aliphatic rings. The minimum atomic E-state index is -4.76. The fraction of sp³-hybridized carbons (Fsp3) is 0.789. The predicted molar refractivity (Wildman–Crippen MR) is 193 cm³/mol. The van der Waals surface area contributed by atoms with E-state index in [2.05, 4.69) is 54.8 Å². The lowest BCUT2D eigenvalue weighted by Crippen LogP contribution is -2.29. The maximum atomic E-state index is 12.3. The molecule has 274 valence electrons. The van der Waals surface area contributed by atoms with Crippen LogP contribution in [0.5, 0.6) is 0 Å². The van der Waals surface area contributed by atoms with Gasteiger partial charge in [-0.15, -0.1) is 0 Å². The molecule has 0 saturated heterocycles. The fourth-order valence-electron chi connectivity index (χ4n) is 5.04. The molecule has 0 aliphatic heterocycles. The maximum absolute atomic E-state index is 12.3. The molecule has 2 N–H and O–H groups in total. The van der Waals surface area contributed by atoms with Crippen LogP contribution < -0.4 is 0 Å². The van der Waals surface area contributed by atoms with Crippen molar-refractivity contribution in [2.24, 2.45) is 0 Å². The van der Waals surface area contributed by atoms with Crippen LogP contribution in [0, 0.1) is 0 Å². The van der Waals surface area contributed by atoms with Crippen molar-refractivity contribution in [1.82, 2.24) is 0 Å². The molecular formula is C38H69O8P. The number of esters is 2. The number of hydrogen-bond donors (Lipinski definition) is 2. The second-order valence-electron chi connectivity index (χ2n) is 12.5. The van der Waals surface area contributed by atoms with E-state index in [-0.39, 0.29) is 19.4 Å². The van der Waals surface area contributed by atoms with Gasteiger partial charge in [0.2, 0.25) is 0 Å². The standard InChI is InChI=1S/C38H69O8P/c1-3-5-7-9-11-13-15-17-19-21-23-25-27-29-31-33-38(40)46-36(35-45-47(41,42)43)34-44-37(39)32-30-28-26-24-22-20-18-16-14-12-10-8-6-4-2/h16-19,23,25,36H,3-15,20-22,24,26-35H2,1-2H3,(H2,41,42,43)/b18-16+,19-17+,25-23+/t36-/m1/s1. The first-order valence-electron chi connectivity index (χ1n) is 18.8. The van der Waals surface area contributed by atoms with E-state index in [0.29, 0.717) is 12.8 Å². The van der Waals surface area contributed by atoms with Crippen LogP contribution >= 0.6 is 7.82 Å². The highest BCUT2D eigenvalue weighted by atomic mass is 31.2. The minimum Gasteiger partial charge on any atom is -0.462 e. The molecule has 0 rings (SSSR count). The highest BCUT2D eigenvalue weighted by Crippen LogP contribution is 2.36. The van der Waals surface area contributed by atoms with Crippen molar-refractivity contribution < 1.29 is 37.9 Å². The summed E-state index contributed by atoms with van der Waals surface area (Å²) >= 11 is 0. The maximum Gasteiger partial charge on any atom is 0.469 e.